The van der Waals surface area contributed by atoms with Crippen LogP contribution in [0.15, 0.2) is 98.6 Å². The van der Waals surface area contributed by atoms with Gasteiger partial charge in [0.15, 0.2) is 4.80 Å². The zero-order chi connectivity index (χ0) is 29.2. The highest BCUT2D eigenvalue weighted by Gasteiger charge is 2.34. The number of thiazole rings is 1. The van der Waals surface area contributed by atoms with Gasteiger partial charge in [0.2, 0.25) is 0 Å². The molecule has 4 nitrogen and oxygen atoms in total. The van der Waals surface area contributed by atoms with E-state index in [0.29, 0.717) is 31.6 Å². The number of benzene rings is 3. The average molecular weight is 623 g/mol. The minimum absolute atomic E-state index is 0.262. The second-order valence-electron chi connectivity index (χ2n) is 10.1. The summed E-state index contributed by atoms with van der Waals surface area (Å²) < 4.78 is 47.6. The van der Waals surface area contributed by atoms with E-state index in [9.17, 15) is 18.0 Å². The quantitative estimate of drug-likeness (QED) is 0.205. The molecule has 210 valence electrons. The van der Waals surface area contributed by atoms with Crippen LogP contribution in [-0.2, 0) is 12.6 Å². The maximum Gasteiger partial charge on any atom is 0.416 e. The van der Waals surface area contributed by atoms with Crippen molar-refractivity contribution in [3.63, 3.8) is 0 Å². The van der Waals surface area contributed by atoms with Crippen molar-refractivity contribution in [3.05, 3.63) is 142 Å². The van der Waals surface area contributed by atoms with Crippen LogP contribution in [0, 0.1) is 0 Å². The highest BCUT2D eigenvalue weighted by atomic mass is 35.5. The molecule has 0 spiro atoms. The van der Waals surface area contributed by atoms with Gasteiger partial charge in [-0.15, -0.1) is 0 Å². The number of halogens is 5. The van der Waals surface area contributed by atoms with Crippen molar-refractivity contribution in [2.24, 2.45) is 4.99 Å². The Balaban J connectivity index is 1.38. The Morgan fingerprint density at radius 1 is 0.976 bits per heavy atom. The lowest BCUT2D eigenvalue weighted by Crippen LogP contribution is -2.38. The molecule has 1 atom stereocenters. The molecule has 0 amide bonds. The third-order valence-corrected chi connectivity index (χ3v) is 9.05. The van der Waals surface area contributed by atoms with Gasteiger partial charge in [0.05, 0.1) is 21.8 Å². The Hall–Kier alpha value is -3.85. The Morgan fingerprint density at radius 3 is 2.62 bits per heavy atom. The van der Waals surface area contributed by atoms with Crippen LogP contribution < -0.4 is 14.9 Å². The molecule has 0 saturated carbocycles. The number of fused-ring (bicyclic) bond motifs is 3. The summed E-state index contributed by atoms with van der Waals surface area (Å²) in [7, 11) is 0. The Labute approximate surface area is 251 Å². The van der Waals surface area contributed by atoms with Gasteiger partial charge in [0.1, 0.15) is 11.5 Å². The van der Waals surface area contributed by atoms with E-state index in [4.69, 9.17) is 32.6 Å². The number of rotatable bonds is 3. The molecule has 0 radical (unpaired) electrons. The maximum atomic E-state index is 14.0. The largest absolute Gasteiger partial charge is 0.457 e. The van der Waals surface area contributed by atoms with E-state index < -0.39 is 17.8 Å². The molecule has 2 aromatic heterocycles. The molecular weight excluding hydrogens is 604 g/mol. The van der Waals surface area contributed by atoms with Gasteiger partial charge in [0, 0.05) is 27.2 Å². The van der Waals surface area contributed by atoms with Crippen molar-refractivity contribution in [1.82, 2.24) is 4.57 Å². The number of aromatic nitrogens is 1. The molecular formula is C32H19Cl2F3N2O2S. The van der Waals surface area contributed by atoms with Crippen molar-refractivity contribution in [2.45, 2.75) is 25.1 Å². The van der Waals surface area contributed by atoms with E-state index in [2.05, 4.69) is 6.07 Å². The standard InChI is InChI=1S/C32H19Cl2F3N2O2S/c33-20-9-12-23(25(34)15-20)29-24-11-8-17-4-1-2-7-22(17)28(24)38-31-39(29)30(40)27(42-31)16-21-10-13-26(41-21)18-5-3-6-19(14-18)32(35,36)37/h1-7,9-10,12-16,29H,8,11H2/t29-/m1/s1. The molecule has 1 aliphatic heterocycles. The van der Waals surface area contributed by atoms with Crippen LogP contribution in [0.4, 0.5) is 13.2 Å². The van der Waals surface area contributed by atoms with Crippen LogP contribution in [0.5, 0.6) is 0 Å². The number of allylic oxidation sites excluding steroid dienone is 1. The lowest BCUT2D eigenvalue weighted by Gasteiger charge is -2.31. The minimum atomic E-state index is -4.47. The summed E-state index contributed by atoms with van der Waals surface area (Å²) in [6, 6.07) is 21.0. The highest BCUT2D eigenvalue weighted by molar-refractivity contribution is 7.07. The molecule has 1 aliphatic carbocycles. The summed E-state index contributed by atoms with van der Waals surface area (Å²) in [5, 5.41) is 0.945. The van der Waals surface area contributed by atoms with E-state index in [-0.39, 0.29) is 16.9 Å². The zero-order valence-electron chi connectivity index (χ0n) is 21.6. The normalized spacial score (nSPS) is 16.6. The molecule has 0 unspecified atom stereocenters. The topological polar surface area (TPSA) is 47.5 Å². The number of furan rings is 1. The molecule has 0 fully saturated rings. The smallest absolute Gasteiger partial charge is 0.416 e. The number of hydrogen-bond acceptors (Lipinski definition) is 4. The van der Waals surface area contributed by atoms with Gasteiger partial charge in [-0.2, -0.15) is 13.2 Å². The third-order valence-electron chi connectivity index (χ3n) is 7.50. The Kier molecular flexibility index (Phi) is 6.53. The summed E-state index contributed by atoms with van der Waals surface area (Å²) in [4.78, 5) is 19.4. The molecule has 7 rings (SSSR count). The van der Waals surface area contributed by atoms with Gasteiger partial charge in [-0.05, 0) is 65.9 Å². The van der Waals surface area contributed by atoms with Crippen LogP contribution in [0.3, 0.4) is 0 Å². The Bertz CT molecular complexity index is 2110. The molecule has 2 aliphatic rings. The van der Waals surface area contributed by atoms with Crippen molar-refractivity contribution >= 4 is 46.3 Å². The van der Waals surface area contributed by atoms with E-state index in [1.54, 1.807) is 41.0 Å². The molecule has 42 heavy (non-hydrogen) atoms. The molecule has 10 heteroatoms. The van der Waals surface area contributed by atoms with Gasteiger partial charge >= 0.3 is 6.18 Å². The predicted octanol–water partition coefficient (Wildman–Crippen LogP) is 7.90. The van der Waals surface area contributed by atoms with E-state index in [1.165, 1.54) is 23.0 Å². The molecule has 0 bridgehead atoms. The van der Waals surface area contributed by atoms with Gasteiger partial charge in [-0.1, -0.05) is 77.0 Å². The number of nitrogens with zero attached hydrogens (tertiary/aromatic N) is 2. The maximum absolute atomic E-state index is 14.0. The first-order chi connectivity index (χ1) is 20.2. The minimum Gasteiger partial charge on any atom is -0.457 e. The monoisotopic (exact) mass is 622 g/mol. The van der Waals surface area contributed by atoms with Crippen molar-refractivity contribution in [2.75, 3.05) is 0 Å². The van der Waals surface area contributed by atoms with E-state index in [0.717, 1.165) is 41.0 Å². The van der Waals surface area contributed by atoms with Gasteiger partial charge in [-0.25, -0.2) is 4.99 Å². The van der Waals surface area contributed by atoms with Gasteiger partial charge in [-0.3, -0.25) is 9.36 Å². The fourth-order valence-corrected chi connectivity index (χ4v) is 7.08. The Morgan fingerprint density at radius 2 is 1.81 bits per heavy atom. The van der Waals surface area contributed by atoms with Gasteiger partial charge < -0.3 is 4.42 Å². The number of hydrogen-bond donors (Lipinski definition) is 0. The summed E-state index contributed by atoms with van der Waals surface area (Å²) in [5.41, 5.74) is 4.07. The van der Waals surface area contributed by atoms with Crippen LogP contribution in [0.1, 0.15) is 40.5 Å². The lowest BCUT2D eigenvalue weighted by atomic mass is 9.83. The molecule has 0 N–H and O–H groups in total. The number of alkyl halides is 3. The summed E-state index contributed by atoms with van der Waals surface area (Å²) in [6.07, 6.45) is -1.36. The average Bonchev–Trinajstić information content (AvgIpc) is 3.56. The number of aryl methyl sites for hydroxylation is 1. The first kappa shape index (κ1) is 27.0. The zero-order valence-corrected chi connectivity index (χ0v) is 23.9. The second-order valence-corrected chi connectivity index (χ2v) is 11.9. The van der Waals surface area contributed by atoms with E-state index in [1.807, 2.05) is 24.3 Å². The van der Waals surface area contributed by atoms with Crippen molar-refractivity contribution in [3.8, 4) is 11.3 Å². The van der Waals surface area contributed by atoms with Crippen LogP contribution >= 0.6 is 34.5 Å². The van der Waals surface area contributed by atoms with Crippen molar-refractivity contribution in [1.29, 1.82) is 0 Å². The molecule has 3 heterocycles. The molecule has 0 saturated heterocycles. The summed E-state index contributed by atoms with van der Waals surface area (Å²) in [6.45, 7) is 0. The fraction of sp³-hybridized carbons (Fsp3) is 0.125. The SMILES string of the molecule is O=c1c(=Cc2ccc(-c3cccc(C(F)(F)F)c3)o2)sc2n1[C@H](c1ccc(Cl)cc1Cl)C1=C(N=2)c2ccccc2CC1. The summed E-state index contributed by atoms with van der Waals surface area (Å²) in [5.74, 6) is 0.598. The fourth-order valence-electron chi connectivity index (χ4n) is 5.59. The third kappa shape index (κ3) is 4.64. The predicted molar refractivity (Wildman–Crippen MR) is 158 cm³/mol. The second kappa shape index (κ2) is 10.2. The molecule has 5 aromatic rings. The first-order valence-electron chi connectivity index (χ1n) is 13.0. The van der Waals surface area contributed by atoms with Gasteiger partial charge in [0.25, 0.3) is 5.56 Å². The van der Waals surface area contributed by atoms with Crippen molar-refractivity contribution < 1.29 is 17.6 Å². The summed E-state index contributed by atoms with van der Waals surface area (Å²) >= 11 is 14.1. The van der Waals surface area contributed by atoms with E-state index >= 15 is 0 Å². The van der Waals surface area contributed by atoms with Crippen LogP contribution in [0.2, 0.25) is 10.0 Å². The molecule has 3 aromatic carbocycles. The highest BCUT2D eigenvalue weighted by Crippen LogP contribution is 2.43. The van der Waals surface area contributed by atoms with Crippen LogP contribution in [-0.4, -0.2) is 4.57 Å². The lowest BCUT2D eigenvalue weighted by molar-refractivity contribution is -0.137. The van der Waals surface area contributed by atoms with Crippen LogP contribution in [0.25, 0.3) is 23.1 Å². The first-order valence-corrected chi connectivity index (χ1v) is 14.6.